The highest BCUT2D eigenvalue weighted by Crippen LogP contribution is 2.30. The fraction of sp³-hybridized carbons (Fsp3) is 0.261. The SMILES string of the molecule is CCN(CC)c1ccc(C(=O)OCc2csc(N(C(C)=O)c3cccc(Cl)c3)n2)cc1. The summed E-state index contributed by atoms with van der Waals surface area (Å²) in [6.07, 6.45) is 0. The maximum atomic E-state index is 12.4. The van der Waals surface area contributed by atoms with Gasteiger partial charge in [0.1, 0.15) is 6.61 Å². The molecular formula is C23H24ClN3O3S. The van der Waals surface area contributed by atoms with Gasteiger partial charge >= 0.3 is 5.97 Å². The summed E-state index contributed by atoms with van der Waals surface area (Å²) in [5.41, 5.74) is 2.75. The number of carbonyl (C=O) groups excluding carboxylic acids is 2. The molecule has 31 heavy (non-hydrogen) atoms. The van der Waals surface area contributed by atoms with Crippen molar-refractivity contribution in [3.8, 4) is 0 Å². The Bertz CT molecular complexity index is 1050. The third-order valence-corrected chi connectivity index (χ3v) is 5.80. The van der Waals surface area contributed by atoms with Gasteiger partial charge in [0.05, 0.1) is 16.9 Å². The fourth-order valence-electron chi connectivity index (χ4n) is 3.13. The highest BCUT2D eigenvalue weighted by atomic mass is 35.5. The molecule has 0 atom stereocenters. The number of nitrogens with zero attached hydrogens (tertiary/aromatic N) is 3. The van der Waals surface area contributed by atoms with Crippen LogP contribution in [0.4, 0.5) is 16.5 Å². The molecule has 0 N–H and O–H groups in total. The number of esters is 1. The normalized spacial score (nSPS) is 10.6. The Morgan fingerprint density at radius 1 is 1.06 bits per heavy atom. The van der Waals surface area contributed by atoms with Crippen molar-refractivity contribution < 1.29 is 14.3 Å². The smallest absolute Gasteiger partial charge is 0.338 e. The molecule has 6 nitrogen and oxygen atoms in total. The van der Waals surface area contributed by atoms with Crippen molar-refractivity contribution in [2.45, 2.75) is 27.4 Å². The van der Waals surface area contributed by atoms with Crippen LogP contribution in [0, 0.1) is 0 Å². The maximum absolute atomic E-state index is 12.4. The van der Waals surface area contributed by atoms with E-state index in [4.69, 9.17) is 16.3 Å². The number of thiazole rings is 1. The van der Waals surface area contributed by atoms with Gasteiger partial charge in [0.2, 0.25) is 5.91 Å². The molecular weight excluding hydrogens is 434 g/mol. The summed E-state index contributed by atoms with van der Waals surface area (Å²) in [4.78, 5) is 32.7. The third-order valence-electron chi connectivity index (χ3n) is 4.69. The van der Waals surface area contributed by atoms with E-state index in [1.807, 2.05) is 12.1 Å². The van der Waals surface area contributed by atoms with Crippen molar-refractivity contribution in [2.24, 2.45) is 0 Å². The van der Waals surface area contributed by atoms with Crippen molar-refractivity contribution >= 4 is 51.3 Å². The zero-order chi connectivity index (χ0) is 22.4. The molecule has 2 aromatic carbocycles. The zero-order valence-electron chi connectivity index (χ0n) is 17.7. The Morgan fingerprint density at radius 3 is 2.39 bits per heavy atom. The first-order chi connectivity index (χ1) is 14.9. The number of hydrogen-bond donors (Lipinski definition) is 0. The molecule has 0 aliphatic carbocycles. The van der Waals surface area contributed by atoms with Crippen LogP contribution in [-0.2, 0) is 16.1 Å². The summed E-state index contributed by atoms with van der Waals surface area (Å²) in [6, 6.07) is 14.4. The van der Waals surface area contributed by atoms with Crippen LogP contribution in [0.15, 0.2) is 53.9 Å². The minimum absolute atomic E-state index is 0.0222. The number of carbonyl (C=O) groups is 2. The summed E-state index contributed by atoms with van der Waals surface area (Å²) >= 11 is 7.36. The van der Waals surface area contributed by atoms with E-state index in [0.717, 1.165) is 18.8 Å². The number of halogens is 1. The second kappa shape index (κ2) is 10.4. The molecule has 0 aliphatic rings. The van der Waals surface area contributed by atoms with Crippen molar-refractivity contribution in [1.82, 2.24) is 4.98 Å². The van der Waals surface area contributed by atoms with Crippen molar-refractivity contribution in [3.63, 3.8) is 0 Å². The van der Waals surface area contributed by atoms with Gasteiger partial charge in [0.15, 0.2) is 5.13 Å². The molecule has 0 radical (unpaired) electrons. The Kier molecular flexibility index (Phi) is 7.65. The predicted molar refractivity (Wildman–Crippen MR) is 126 cm³/mol. The van der Waals surface area contributed by atoms with Crippen molar-refractivity contribution in [1.29, 1.82) is 0 Å². The minimum Gasteiger partial charge on any atom is -0.456 e. The first-order valence-electron chi connectivity index (χ1n) is 9.95. The largest absolute Gasteiger partial charge is 0.456 e. The van der Waals surface area contributed by atoms with Gasteiger partial charge in [-0.3, -0.25) is 9.69 Å². The summed E-state index contributed by atoms with van der Waals surface area (Å²) in [7, 11) is 0. The average Bonchev–Trinajstić information content (AvgIpc) is 3.21. The molecule has 1 aromatic heterocycles. The van der Waals surface area contributed by atoms with E-state index in [9.17, 15) is 9.59 Å². The van der Waals surface area contributed by atoms with Crippen LogP contribution in [0.5, 0.6) is 0 Å². The number of benzene rings is 2. The monoisotopic (exact) mass is 457 g/mol. The summed E-state index contributed by atoms with van der Waals surface area (Å²) < 4.78 is 5.41. The first-order valence-corrected chi connectivity index (χ1v) is 11.2. The molecule has 3 rings (SSSR count). The molecule has 0 aliphatic heterocycles. The number of hydrogen-bond acceptors (Lipinski definition) is 6. The highest BCUT2D eigenvalue weighted by Gasteiger charge is 2.19. The van der Waals surface area contributed by atoms with Crippen LogP contribution in [0.3, 0.4) is 0 Å². The third kappa shape index (κ3) is 5.62. The van der Waals surface area contributed by atoms with Gasteiger partial charge in [-0.05, 0) is 56.3 Å². The lowest BCUT2D eigenvalue weighted by Crippen LogP contribution is -2.22. The molecule has 0 unspecified atom stereocenters. The van der Waals surface area contributed by atoms with Gasteiger partial charge in [-0.15, -0.1) is 11.3 Å². The molecule has 162 valence electrons. The number of amides is 1. The molecule has 0 saturated heterocycles. The lowest BCUT2D eigenvalue weighted by atomic mass is 10.2. The molecule has 1 amide bonds. The molecule has 1 heterocycles. The van der Waals surface area contributed by atoms with Gasteiger partial charge < -0.3 is 9.64 Å². The van der Waals surface area contributed by atoms with E-state index >= 15 is 0 Å². The Hall–Kier alpha value is -2.90. The Balaban J connectivity index is 1.66. The van der Waals surface area contributed by atoms with Gasteiger partial charge in [-0.25, -0.2) is 9.78 Å². The summed E-state index contributed by atoms with van der Waals surface area (Å²) in [6.45, 7) is 7.47. The molecule has 0 fully saturated rings. The predicted octanol–water partition coefficient (Wildman–Crippen LogP) is 5.68. The van der Waals surface area contributed by atoms with Crippen LogP contribution in [0.2, 0.25) is 5.02 Å². The number of aromatic nitrogens is 1. The van der Waals surface area contributed by atoms with Crippen LogP contribution in [-0.4, -0.2) is 29.9 Å². The maximum Gasteiger partial charge on any atom is 0.338 e. The quantitative estimate of drug-likeness (QED) is 0.407. The van der Waals surface area contributed by atoms with E-state index in [1.54, 1.807) is 41.8 Å². The zero-order valence-corrected chi connectivity index (χ0v) is 19.2. The molecule has 8 heteroatoms. The minimum atomic E-state index is -0.418. The van der Waals surface area contributed by atoms with Crippen LogP contribution >= 0.6 is 22.9 Å². The standard InChI is InChI=1S/C23H24ClN3O3S/c1-4-26(5-2)20-11-9-17(10-12-20)22(29)30-14-19-15-31-23(25-19)27(16(3)28)21-8-6-7-18(24)13-21/h6-13,15H,4-5,14H2,1-3H3. The van der Waals surface area contributed by atoms with E-state index in [-0.39, 0.29) is 12.5 Å². The molecule has 3 aromatic rings. The summed E-state index contributed by atoms with van der Waals surface area (Å²) in [5.74, 6) is -0.604. The van der Waals surface area contributed by atoms with E-state index in [1.165, 1.54) is 23.2 Å². The van der Waals surface area contributed by atoms with Crippen molar-refractivity contribution in [2.75, 3.05) is 22.9 Å². The van der Waals surface area contributed by atoms with E-state index < -0.39 is 5.97 Å². The second-order valence-corrected chi connectivity index (χ2v) is 8.02. The Labute approximate surface area is 191 Å². The summed E-state index contributed by atoms with van der Waals surface area (Å²) in [5, 5.41) is 2.79. The number of ether oxygens (including phenoxy) is 1. The number of anilines is 3. The average molecular weight is 458 g/mol. The number of rotatable bonds is 8. The van der Waals surface area contributed by atoms with Crippen LogP contribution in [0.1, 0.15) is 36.8 Å². The van der Waals surface area contributed by atoms with E-state index in [2.05, 4.69) is 23.7 Å². The molecule has 0 saturated carbocycles. The topological polar surface area (TPSA) is 62.7 Å². The van der Waals surface area contributed by atoms with Gasteiger partial charge in [0.25, 0.3) is 0 Å². The van der Waals surface area contributed by atoms with Gasteiger partial charge in [0, 0.05) is 36.1 Å². The van der Waals surface area contributed by atoms with Crippen LogP contribution < -0.4 is 9.80 Å². The van der Waals surface area contributed by atoms with E-state index in [0.29, 0.717) is 27.1 Å². The lowest BCUT2D eigenvalue weighted by Gasteiger charge is -2.20. The molecule has 0 spiro atoms. The fourth-order valence-corrected chi connectivity index (χ4v) is 4.18. The lowest BCUT2D eigenvalue weighted by molar-refractivity contribution is -0.115. The highest BCUT2D eigenvalue weighted by molar-refractivity contribution is 7.14. The second-order valence-electron chi connectivity index (χ2n) is 6.75. The first kappa shape index (κ1) is 22.8. The van der Waals surface area contributed by atoms with Crippen LogP contribution in [0.25, 0.3) is 0 Å². The Morgan fingerprint density at radius 2 is 1.77 bits per heavy atom. The van der Waals surface area contributed by atoms with Gasteiger partial charge in [-0.2, -0.15) is 0 Å². The molecule has 0 bridgehead atoms. The van der Waals surface area contributed by atoms with Crippen molar-refractivity contribution in [3.05, 3.63) is 70.2 Å². The van der Waals surface area contributed by atoms with Gasteiger partial charge in [-0.1, -0.05) is 17.7 Å².